The summed E-state index contributed by atoms with van der Waals surface area (Å²) in [5.41, 5.74) is 0. The predicted octanol–water partition coefficient (Wildman–Crippen LogP) is -1.12. The number of rotatable bonds is 6. The van der Waals surface area contributed by atoms with Crippen LogP contribution in [0.4, 0.5) is 8.78 Å². The Balaban J connectivity index is 1.58. The van der Waals surface area contributed by atoms with Crippen molar-refractivity contribution in [1.82, 2.24) is 0 Å². The molecule has 13 heteroatoms. The average molecular weight is 363 g/mol. The molecule has 2 bridgehead atoms. The molecule has 3 heterocycles. The van der Waals surface area contributed by atoms with Gasteiger partial charge < -0.3 is 14.7 Å². The zero-order chi connectivity index (χ0) is 16.1. The number of hydrogen-bond donors (Lipinski definition) is 0. The van der Waals surface area contributed by atoms with Crippen molar-refractivity contribution < 1.29 is 50.3 Å². The van der Waals surface area contributed by atoms with Crippen molar-refractivity contribution in [1.29, 1.82) is 0 Å². The van der Waals surface area contributed by atoms with E-state index < -0.39 is 69.5 Å². The van der Waals surface area contributed by atoms with Crippen molar-refractivity contribution in [3.05, 3.63) is 0 Å². The fraction of sp³-hybridized carbons (Fsp3) is 0.889. The maximum absolute atomic E-state index is 13.2. The number of carbonyl (C=O) groups is 1. The van der Waals surface area contributed by atoms with Gasteiger partial charge in [0, 0.05) is 5.92 Å². The lowest BCUT2D eigenvalue weighted by atomic mass is 9.87. The molecule has 126 valence electrons. The molecule has 0 aromatic heterocycles. The van der Waals surface area contributed by atoms with Crippen LogP contribution < -0.4 is 5.26 Å². The molecule has 3 fully saturated rings. The van der Waals surface area contributed by atoms with Gasteiger partial charge in [-0.15, -0.1) is 0 Å². The maximum atomic E-state index is 13.2. The standard InChI is InChI=1S/C9H10F2O9S2/c10-9(11,21-20-19-13)8(12)16-2-3-4-1-5-7(17-4)6(3)18-22(5,14)15/h3-7,13H,1-2H2/p-1. The summed E-state index contributed by atoms with van der Waals surface area (Å²) in [6, 6.07) is 0. The molecule has 9 nitrogen and oxygen atoms in total. The lowest BCUT2D eigenvalue weighted by Gasteiger charge is -2.22. The van der Waals surface area contributed by atoms with E-state index in [1.165, 1.54) is 0 Å². The van der Waals surface area contributed by atoms with Crippen LogP contribution in [0.5, 0.6) is 0 Å². The monoisotopic (exact) mass is 363 g/mol. The van der Waals surface area contributed by atoms with Crippen LogP contribution in [0.2, 0.25) is 0 Å². The third-order valence-electron chi connectivity index (χ3n) is 3.81. The van der Waals surface area contributed by atoms with E-state index in [9.17, 15) is 27.3 Å². The minimum absolute atomic E-state index is 0.171. The van der Waals surface area contributed by atoms with E-state index in [-0.39, 0.29) is 6.42 Å². The molecule has 0 aliphatic carbocycles. The second-order valence-electron chi connectivity index (χ2n) is 4.97. The Kier molecular flexibility index (Phi) is 4.08. The van der Waals surface area contributed by atoms with Gasteiger partial charge >= 0.3 is 11.2 Å². The summed E-state index contributed by atoms with van der Waals surface area (Å²) in [7, 11) is -3.73. The summed E-state index contributed by atoms with van der Waals surface area (Å²) in [4.78, 5) is 11.2. The van der Waals surface area contributed by atoms with Crippen LogP contribution >= 0.6 is 12.0 Å². The van der Waals surface area contributed by atoms with Crippen molar-refractivity contribution in [3.63, 3.8) is 0 Å². The number of esters is 1. The van der Waals surface area contributed by atoms with Gasteiger partial charge in [-0.3, -0.25) is 9.22 Å². The SMILES string of the molecule is O=C(OCC1C2CC3C(O2)C1OS3(=O)=O)C(F)(F)SOO[O-]. The molecule has 0 aromatic rings. The smallest absolute Gasteiger partial charge is 0.415 e. The molecule has 0 aromatic carbocycles. The summed E-state index contributed by atoms with van der Waals surface area (Å²) in [6.07, 6.45) is -1.87. The molecule has 0 spiro atoms. The van der Waals surface area contributed by atoms with Crippen molar-refractivity contribution in [3.8, 4) is 0 Å². The fourth-order valence-electron chi connectivity index (χ4n) is 2.91. The highest BCUT2D eigenvalue weighted by Gasteiger charge is 2.65. The molecular formula is C9H9F2O9S2-. The van der Waals surface area contributed by atoms with Crippen molar-refractivity contribution >= 4 is 28.1 Å². The van der Waals surface area contributed by atoms with Crippen LogP contribution in [0.3, 0.4) is 0 Å². The van der Waals surface area contributed by atoms with Gasteiger partial charge in [-0.1, -0.05) is 0 Å². The highest BCUT2D eigenvalue weighted by atomic mass is 32.2. The topological polar surface area (TPSA) is 120 Å². The lowest BCUT2D eigenvalue weighted by molar-refractivity contribution is -0.777. The van der Waals surface area contributed by atoms with E-state index in [2.05, 4.69) is 14.1 Å². The first-order valence-corrected chi connectivity index (χ1v) is 8.24. The minimum atomic E-state index is -4.14. The van der Waals surface area contributed by atoms with Crippen LogP contribution in [-0.2, 0) is 37.9 Å². The third kappa shape index (κ3) is 2.60. The molecule has 0 radical (unpaired) electrons. The van der Waals surface area contributed by atoms with E-state index in [0.29, 0.717) is 0 Å². The van der Waals surface area contributed by atoms with Gasteiger partial charge in [-0.25, -0.2) is 4.79 Å². The van der Waals surface area contributed by atoms with Crippen LogP contribution in [0.1, 0.15) is 6.42 Å². The quantitative estimate of drug-likeness (QED) is 0.189. The highest BCUT2D eigenvalue weighted by Crippen LogP contribution is 2.49. The molecule has 3 aliphatic heterocycles. The molecular weight excluding hydrogens is 354 g/mol. The van der Waals surface area contributed by atoms with Crippen LogP contribution in [-0.4, -0.2) is 49.8 Å². The molecule has 3 saturated heterocycles. The Morgan fingerprint density at radius 2 is 2.14 bits per heavy atom. The van der Waals surface area contributed by atoms with Gasteiger partial charge in [-0.2, -0.15) is 21.5 Å². The van der Waals surface area contributed by atoms with Gasteiger partial charge in [0.2, 0.25) is 0 Å². The third-order valence-corrected chi connectivity index (χ3v) is 6.01. The molecule has 0 N–H and O–H groups in total. The Labute approximate surface area is 127 Å². The predicted molar refractivity (Wildman–Crippen MR) is 60.0 cm³/mol. The molecule has 5 unspecified atom stereocenters. The molecule has 22 heavy (non-hydrogen) atoms. The van der Waals surface area contributed by atoms with E-state index in [1.54, 1.807) is 0 Å². The second-order valence-corrected chi connectivity index (χ2v) is 7.56. The number of fused-ring (bicyclic) bond motifs is 1. The van der Waals surface area contributed by atoms with Gasteiger partial charge in [0.15, 0.2) is 0 Å². The Morgan fingerprint density at radius 3 is 2.82 bits per heavy atom. The Bertz CT molecular complexity index is 567. The summed E-state index contributed by atoms with van der Waals surface area (Å²) < 4.78 is 67.8. The van der Waals surface area contributed by atoms with Crippen LogP contribution in [0.15, 0.2) is 0 Å². The van der Waals surface area contributed by atoms with Crippen molar-refractivity contribution in [2.45, 2.75) is 35.2 Å². The molecule has 0 amide bonds. The molecule has 5 atom stereocenters. The summed E-state index contributed by atoms with van der Waals surface area (Å²) in [6.45, 7) is -0.499. The number of ether oxygens (including phenoxy) is 2. The van der Waals surface area contributed by atoms with Crippen molar-refractivity contribution in [2.24, 2.45) is 5.92 Å². The molecule has 3 aliphatic rings. The van der Waals surface area contributed by atoms with E-state index in [4.69, 9.17) is 8.92 Å². The number of carbonyl (C=O) groups excluding carboxylic acids is 1. The second kappa shape index (κ2) is 5.51. The zero-order valence-corrected chi connectivity index (χ0v) is 12.2. The van der Waals surface area contributed by atoms with Crippen LogP contribution in [0.25, 0.3) is 0 Å². The number of hydrogen-bond acceptors (Lipinski definition) is 10. The summed E-state index contributed by atoms with van der Waals surface area (Å²) in [5.74, 6) is -2.60. The van der Waals surface area contributed by atoms with E-state index in [1.807, 2.05) is 0 Å². The Morgan fingerprint density at radius 1 is 1.41 bits per heavy atom. The van der Waals surface area contributed by atoms with Gasteiger partial charge in [0.1, 0.15) is 29.5 Å². The highest BCUT2D eigenvalue weighted by molar-refractivity contribution is 7.96. The van der Waals surface area contributed by atoms with E-state index in [0.717, 1.165) is 0 Å². The molecule has 0 saturated carbocycles. The first-order chi connectivity index (χ1) is 10.3. The summed E-state index contributed by atoms with van der Waals surface area (Å²) >= 11 is -0.802. The lowest BCUT2D eigenvalue weighted by Crippen LogP contribution is -2.39. The Hall–Kier alpha value is -0.570. The average Bonchev–Trinajstić information content (AvgIpc) is 3.05. The zero-order valence-electron chi connectivity index (χ0n) is 10.5. The normalized spacial score (nSPS) is 38.4. The number of halogens is 2. The largest absolute Gasteiger partial charge is 0.691 e. The van der Waals surface area contributed by atoms with Gasteiger partial charge in [0.25, 0.3) is 10.1 Å². The van der Waals surface area contributed by atoms with E-state index >= 15 is 0 Å². The molecule has 3 rings (SSSR count). The maximum Gasteiger partial charge on any atom is 0.415 e. The van der Waals surface area contributed by atoms with Gasteiger partial charge in [0.05, 0.1) is 12.7 Å². The van der Waals surface area contributed by atoms with Gasteiger partial charge in [-0.05, 0) is 6.42 Å². The first-order valence-electron chi connectivity index (χ1n) is 6.03. The summed E-state index contributed by atoms with van der Waals surface area (Å²) in [5, 5.41) is 7.31. The fourth-order valence-corrected chi connectivity index (χ4v) is 4.83. The van der Waals surface area contributed by atoms with Crippen molar-refractivity contribution in [2.75, 3.05) is 6.61 Å². The van der Waals surface area contributed by atoms with Crippen LogP contribution in [0, 0.1) is 5.92 Å². The minimum Gasteiger partial charge on any atom is -0.691 e. The number of alkyl halides is 2. The first kappa shape index (κ1) is 16.3.